The molecule has 4 aromatic carbocycles. The highest BCUT2D eigenvalue weighted by atomic mass is 32.2. The molecule has 14 heteroatoms. The molecule has 0 radical (unpaired) electrons. The minimum atomic E-state index is -6.09. The molecular weight excluding hydrogens is 613 g/mol. The molecule has 0 aliphatic rings. The number of esters is 1. The number of carbonyl (C=O) groups is 1. The molecule has 0 atom stereocenters. The molecular formula is C28H19F7O5S2. The Morgan fingerprint density at radius 1 is 0.714 bits per heavy atom. The molecule has 0 N–H and O–H groups in total. The average Bonchev–Trinajstić information content (AvgIpc) is 2.85. The molecule has 0 saturated carbocycles. The van der Waals surface area contributed by atoms with Crippen LogP contribution < -0.4 is 4.74 Å². The lowest BCUT2D eigenvalue weighted by molar-refractivity contribution is -0.0517. The summed E-state index contributed by atoms with van der Waals surface area (Å²) in [5.74, 6) is -3.38. The number of carbonyl (C=O) groups excluding carboxylic acids is 1. The fourth-order valence-corrected chi connectivity index (χ4v) is 5.94. The van der Waals surface area contributed by atoms with Gasteiger partial charge in [-0.25, -0.2) is 30.8 Å². The van der Waals surface area contributed by atoms with Crippen molar-refractivity contribution in [3.05, 3.63) is 119 Å². The van der Waals surface area contributed by atoms with E-state index in [9.17, 15) is 35.5 Å². The number of halogens is 7. The van der Waals surface area contributed by atoms with Crippen molar-refractivity contribution in [3.8, 4) is 5.75 Å². The normalized spacial score (nSPS) is 11.6. The van der Waals surface area contributed by atoms with Crippen LogP contribution in [0.5, 0.6) is 5.75 Å². The monoisotopic (exact) mass is 632 g/mol. The van der Waals surface area contributed by atoms with Gasteiger partial charge in [-0.1, -0.05) is 18.2 Å². The highest BCUT2D eigenvalue weighted by Crippen LogP contribution is 2.37. The van der Waals surface area contributed by atoms with Gasteiger partial charge in [-0.3, -0.25) is 0 Å². The molecule has 0 aliphatic heterocycles. The second-order valence-electron chi connectivity index (χ2n) is 8.56. The Morgan fingerprint density at radius 2 is 1.07 bits per heavy atom. The first-order valence-electron chi connectivity index (χ1n) is 11.5. The molecule has 0 spiro atoms. The van der Waals surface area contributed by atoms with Gasteiger partial charge < -0.3 is 9.29 Å². The minimum Gasteiger partial charge on any atom is -0.741 e. The summed E-state index contributed by atoms with van der Waals surface area (Å²) in [6.45, 7) is 3.45. The van der Waals surface area contributed by atoms with Crippen LogP contribution in [0.4, 0.5) is 30.7 Å². The first-order valence-corrected chi connectivity index (χ1v) is 14.2. The molecule has 0 unspecified atom stereocenters. The first kappa shape index (κ1) is 32.6. The summed E-state index contributed by atoms with van der Waals surface area (Å²) in [4.78, 5) is 13.5. The van der Waals surface area contributed by atoms with Crippen molar-refractivity contribution in [3.63, 3.8) is 0 Å². The zero-order valence-corrected chi connectivity index (χ0v) is 23.1. The Bertz CT molecular complexity index is 1590. The molecule has 0 fully saturated rings. The third-order valence-corrected chi connectivity index (χ3v) is 7.99. The van der Waals surface area contributed by atoms with Gasteiger partial charge in [-0.05, 0) is 37.1 Å². The Morgan fingerprint density at radius 3 is 1.43 bits per heavy atom. The number of hydrogen-bond acceptors (Lipinski definition) is 5. The molecule has 222 valence electrons. The molecule has 0 bridgehead atoms. The second-order valence-corrected chi connectivity index (χ2v) is 12.0. The largest absolute Gasteiger partial charge is 0.741 e. The van der Waals surface area contributed by atoms with Gasteiger partial charge in [0.25, 0.3) is 0 Å². The standard InChI is InChI=1S/C27H19F4O2S.CHF3O3S/c1-16-8-23(9-17(2)26(16)33-27(32)18-6-4-3-5-7-18)34(24-12-19(28)10-20(29)13-24)25-14-21(30)11-22(31)15-25;2-1(3,4)8(5,6)7/h3-15H,1-2H3;(H,5,6,7)/q+1;/p-1. The van der Waals surface area contributed by atoms with Crippen LogP contribution in [-0.4, -0.2) is 24.4 Å². The maximum Gasteiger partial charge on any atom is 0.485 e. The molecule has 0 saturated heterocycles. The Kier molecular flexibility index (Phi) is 10.1. The summed E-state index contributed by atoms with van der Waals surface area (Å²) in [5, 5.41) is 0. The number of aryl methyl sites for hydroxylation is 2. The number of ether oxygens (including phenoxy) is 1. The van der Waals surface area contributed by atoms with Crippen molar-refractivity contribution in [2.45, 2.75) is 34.0 Å². The number of alkyl halides is 3. The van der Waals surface area contributed by atoms with Crippen LogP contribution in [0.3, 0.4) is 0 Å². The summed E-state index contributed by atoms with van der Waals surface area (Å²) in [6, 6.07) is 17.9. The predicted octanol–water partition coefficient (Wildman–Crippen LogP) is 7.23. The van der Waals surface area contributed by atoms with Gasteiger partial charge in [0.15, 0.2) is 24.8 Å². The SMILES string of the molecule is Cc1cc([S+](c2cc(F)cc(F)c2)c2cc(F)cc(F)c2)cc(C)c1OC(=O)c1ccccc1.O=S(=O)([O-])C(F)(F)F. The maximum absolute atomic E-state index is 14.1. The summed E-state index contributed by atoms with van der Waals surface area (Å²) < 4.78 is 121. The van der Waals surface area contributed by atoms with E-state index in [0.717, 1.165) is 36.4 Å². The van der Waals surface area contributed by atoms with E-state index in [-0.39, 0.29) is 9.79 Å². The van der Waals surface area contributed by atoms with Gasteiger partial charge in [0.1, 0.15) is 29.0 Å². The molecule has 0 aliphatic carbocycles. The fourth-order valence-electron chi connectivity index (χ4n) is 3.62. The van der Waals surface area contributed by atoms with E-state index >= 15 is 0 Å². The van der Waals surface area contributed by atoms with E-state index in [1.54, 1.807) is 56.3 Å². The molecule has 0 amide bonds. The van der Waals surface area contributed by atoms with E-state index in [2.05, 4.69) is 0 Å². The third kappa shape index (κ3) is 8.33. The van der Waals surface area contributed by atoms with E-state index in [0.29, 0.717) is 27.3 Å². The van der Waals surface area contributed by atoms with Crippen LogP contribution in [0.25, 0.3) is 0 Å². The zero-order chi connectivity index (χ0) is 31.4. The van der Waals surface area contributed by atoms with E-state index in [1.807, 2.05) is 0 Å². The Hall–Kier alpha value is -3.88. The molecule has 0 aromatic heterocycles. The topological polar surface area (TPSA) is 83.5 Å². The lowest BCUT2D eigenvalue weighted by Gasteiger charge is -2.14. The molecule has 4 aromatic rings. The van der Waals surface area contributed by atoms with Crippen molar-refractivity contribution in [2.24, 2.45) is 0 Å². The highest BCUT2D eigenvalue weighted by molar-refractivity contribution is 7.97. The Labute approximate surface area is 238 Å². The van der Waals surface area contributed by atoms with Crippen molar-refractivity contribution < 1.29 is 53.2 Å². The zero-order valence-electron chi connectivity index (χ0n) is 21.5. The van der Waals surface area contributed by atoms with Gasteiger partial charge in [-0.15, -0.1) is 0 Å². The van der Waals surface area contributed by atoms with E-state index in [1.165, 1.54) is 0 Å². The van der Waals surface area contributed by atoms with Crippen molar-refractivity contribution >= 4 is 27.0 Å². The smallest absolute Gasteiger partial charge is 0.485 e. The van der Waals surface area contributed by atoms with Crippen molar-refractivity contribution in [1.29, 1.82) is 0 Å². The van der Waals surface area contributed by atoms with Gasteiger partial charge in [0, 0.05) is 48.5 Å². The van der Waals surface area contributed by atoms with Gasteiger partial charge >= 0.3 is 11.5 Å². The number of hydrogen-bond donors (Lipinski definition) is 0. The highest BCUT2D eigenvalue weighted by Gasteiger charge is 2.37. The fraction of sp³-hybridized carbons (Fsp3) is 0.107. The van der Waals surface area contributed by atoms with Crippen LogP contribution in [0, 0.1) is 37.1 Å². The Balaban J connectivity index is 0.000000531. The van der Waals surface area contributed by atoms with E-state index < -0.39 is 55.8 Å². The predicted molar refractivity (Wildman–Crippen MR) is 138 cm³/mol. The quantitative estimate of drug-likeness (QED) is 0.0579. The van der Waals surface area contributed by atoms with Gasteiger partial charge in [0.05, 0.1) is 16.5 Å². The minimum absolute atomic E-state index is 0.218. The summed E-state index contributed by atoms with van der Waals surface area (Å²) in [5.41, 5.74) is -4.08. The summed E-state index contributed by atoms with van der Waals surface area (Å²) in [6.07, 6.45) is 0. The molecule has 42 heavy (non-hydrogen) atoms. The first-order chi connectivity index (χ1) is 19.5. The maximum atomic E-state index is 14.1. The van der Waals surface area contributed by atoms with Gasteiger partial charge in [0.2, 0.25) is 0 Å². The third-order valence-electron chi connectivity index (χ3n) is 5.30. The van der Waals surface area contributed by atoms with Crippen LogP contribution in [0.15, 0.2) is 93.5 Å². The number of benzene rings is 4. The number of rotatable bonds is 5. The van der Waals surface area contributed by atoms with Crippen LogP contribution in [-0.2, 0) is 21.0 Å². The van der Waals surface area contributed by atoms with Gasteiger partial charge in [-0.2, -0.15) is 13.2 Å². The molecule has 0 heterocycles. The second kappa shape index (κ2) is 13.0. The lowest BCUT2D eigenvalue weighted by atomic mass is 10.1. The van der Waals surface area contributed by atoms with Crippen molar-refractivity contribution in [1.82, 2.24) is 0 Å². The van der Waals surface area contributed by atoms with E-state index in [4.69, 9.17) is 17.7 Å². The molecule has 4 rings (SSSR count). The van der Waals surface area contributed by atoms with Crippen LogP contribution >= 0.6 is 0 Å². The average molecular weight is 633 g/mol. The lowest BCUT2D eigenvalue weighted by Crippen LogP contribution is -2.21. The molecule has 5 nitrogen and oxygen atoms in total. The van der Waals surface area contributed by atoms with Crippen molar-refractivity contribution in [2.75, 3.05) is 0 Å². The van der Waals surface area contributed by atoms with Crippen LogP contribution in [0.1, 0.15) is 21.5 Å². The summed E-state index contributed by atoms with van der Waals surface area (Å²) in [7, 11) is -7.32. The van der Waals surface area contributed by atoms with Crippen LogP contribution in [0.2, 0.25) is 0 Å². The summed E-state index contributed by atoms with van der Waals surface area (Å²) >= 11 is 0.